The van der Waals surface area contributed by atoms with Crippen LogP contribution in [0.1, 0.15) is 25.0 Å². The second kappa shape index (κ2) is 9.30. The zero-order valence-corrected chi connectivity index (χ0v) is 24.8. The molecular weight excluding hydrogens is 532 g/mol. The quantitative estimate of drug-likeness (QED) is 0.195. The van der Waals surface area contributed by atoms with Gasteiger partial charge in [-0.3, -0.25) is 0 Å². The standard InChI is InChI=1S/C43H30O/c1-43(2)37-26-30(24-25-35(37)42-41(43)36-18-10-11-19-38(36)44-42)40-33-16-8-6-14-31(33)39(32-15-7-9-17-34(32)40)29-22-20-28(21-23-29)27-12-4-3-5-13-27/h3-26H,1-2H3. The van der Waals surface area contributed by atoms with Crippen LogP contribution in [0.5, 0.6) is 0 Å². The summed E-state index contributed by atoms with van der Waals surface area (Å²) < 4.78 is 6.46. The normalized spacial score (nSPS) is 13.4. The molecule has 1 aliphatic carbocycles. The summed E-state index contributed by atoms with van der Waals surface area (Å²) in [5.74, 6) is 1.02. The number of rotatable bonds is 3. The second-order valence-electron chi connectivity index (χ2n) is 12.5. The largest absolute Gasteiger partial charge is 0.456 e. The molecule has 0 unspecified atom stereocenters. The molecule has 0 saturated carbocycles. The van der Waals surface area contributed by atoms with Crippen molar-refractivity contribution in [2.24, 2.45) is 0 Å². The average molecular weight is 563 g/mol. The van der Waals surface area contributed by atoms with E-state index in [4.69, 9.17) is 4.42 Å². The van der Waals surface area contributed by atoms with E-state index < -0.39 is 0 Å². The van der Waals surface area contributed by atoms with Crippen LogP contribution >= 0.6 is 0 Å². The number of benzene rings is 7. The van der Waals surface area contributed by atoms with Crippen LogP contribution in [0.25, 0.3) is 77.2 Å². The van der Waals surface area contributed by atoms with Crippen molar-refractivity contribution in [1.82, 2.24) is 0 Å². The lowest BCUT2D eigenvalue weighted by molar-refractivity contribution is 0.619. The van der Waals surface area contributed by atoms with E-state index in [1.807, 2.05) is 0 Å². The molecule has 0 radical (unpaired) electrons. The predicted molar refractivity (Wildman–Crippen MR) is 185 cm³/mol. The average Bonchev–Trinajstić information content (AvgIpc) is 3.57. The summed E-state index contributed by atoms with van der Waals surface area (Å²) in [6.45, 7) is 4.67. The first kappa shape index (κ1) is 25.1. The summed E-state index contributed by atoms with van der Waals surface area (Å²) in [6, 6.07) is 52.9. The van der Waals surface area contributed by atoms with E-state index in [2.05, 4.69) is 159 Å². The number of fused-ring (bicyclic) bond motifs is 7. The fraction of sp³-hybridized carbons (Fsp3) is 0.0698. The maximum absolute atomic E-state index is 6.46. The molecule has 1 nitrogen and oxygen atoms in total. The maximum atomic E-state index is 6.46. The Bertz CT molecular complexity index is 2330. The Kier molecular flexibility index (Phi) is 5.31. The Morgan fingerprint density at radius 3 is 1.55 bits per heavy atom. The first-order valence-corrected chi connectivity index (χ1v) is 15.4. The molecule has 0 spiro atoms. The fourth-order valence-electron chi connectivity index (χ4n) is 7.62. The molecule has 9 rings (SSSR count). The summed E-state index contributed by atoms with van der Waals surface area (Å²) >= 11 is 0. The van der Waals surface area contributed by atoms with Gasteiger partial charge in [-0.15, -0.1) is 0 Å². The first-order chi connectivity index (χ1) is 21.6. The maximum Gasteiger partial charge on any atom is 0.139 e. The summed E-state index contributed by atoms with van der Waals surface area (Å²) in [6.07, 6.45) is 0. The highest BCUT2D eigenvalue weighted by Gasteiger charge is 2.40. The van der Waals surface area contributed by atoms with E-state index in [9.17, 15) is 0 Å². The third kappa shape index (κ3) is 3.53. The van der Waals surface area contributed by atoms with Gasteiger partial charge < -0.3 is 4.42 Å². The molecule has 208 valence electrons. The van der Waals surface area contributed by atoms with E-state index in [-0.39, 0.29) is 5.41 Å². The van der Waals surface area contributed by atoms with Crippen molar-refractivity contribution in [3.63, 3.8) is 0 Å². The Balaban J connectivity index is 1.26. The van der Waals surface area contributed by atoms with Crippen LogP contribution in [0.4, 0.5) is 0 Å². The van der Waals surface area contributed by atoms with E-state index in [1.165, 1.54) is 77.0 Å². The van der Waals surface area contributed by atoms with Gasteiger partial charge in [0.1, 0.15) is 11.3 Å². The van der Waals surface area contributed by atoms with Crippen molar-refractivity contribution < 1.29 is 4.42 Å². The predicted octanol–water partition coefficient (Wildman–Crippen LogP) is 12.0. The van der Waals surface area contributed by atoms with E-state index in [0.29, 0.717) is 0 Å². The third-order valence-electron chi connectivity index (χ3n) is 9.66. The molecule has 0 bridgehead atoms. The molecule has 7 aromatic carbocycles. The minimum Gasteiger partial charge on any atom is -0.456 e. The summed E-state index contributed by atoms with van der Waals surface area (Å²) in [7, 11) is 0. The molecular formula is C43H30O. The highest BCUT2D eigenvalue weighted by molar-refractivity contribution is 6.21. The van der Waals surface area contributed by atoms with Crippen molar-refractivity contribution >= 4 is 32.5 Å². The Morgan fingerprint density at radius 1 is 0.432 bits per heavy atom. The molecule has 0 amide bonds. The Morgan fingerprint density at radius 2 is 0.909 bits per heavy atom. The van der Waals surface area contributed by atoms with Crippen molar-refractivity contribution in [2.75, 3.05) is 0 Å². The number of hydrogen-bond donors (Lipinski definition) is 0. The highest BCUT2D eigenvalue weighted by atomic mass is 16.3. The summed E-state index contributed by atoms with van der Waals surface area (Å²) in [4.78, 5) is 0. The molecule has 1 heterocycles. The van der Waals surface area contributed by atoms with Gasteiger partial charge in [0.2, 0.25) is 0 Å². The zero-order chi connectivity index (χ0) is 29.4. The van der Waals surface area contributed by atoms with Crippen molar-refractivity contribution in [2.45, 2.75) is 19.3 Å². The van der Waals surface area contributed by atoms with Gasteiger partial charge in [0.25, 0.3) is 0 Å². The lowest BCUT2D eigenvalue weighted by atomic mass is 9.79. The first-order valence-electron chi connectivity index (χ1n) is 15.4. The molecule has 1 aliphatic rings. The van der Waals surface area contributed by atoms with E-state index in [1.54, 1.807) is 0 Å². The molecule has 0 N–H and O–H groups in total. The molecule has 44 heavy (non-hydrogen) atoms. The van der Waals surface area contributed by atoms with Gasteiger partial charge in [-0.1, -0.05) is 147 Å². The molecule has 0 saturated heterocycles. The van der Waals surface area contributed by atoms with Crippen molar-refractivity contribution in [3.8, 4) is 44.7 Å². The van der Waals surface area contributed by atoms with Crippen molar-refractivity contribution in [3.05, 3.63) is 157 Å². The number of furan rings is 1. The highest BCUT2D eigenvalue weighted by Crippen LogP contribution is 2.54. The molecule has 1 heteroatoms. The summed E-state index contributed by atoms with van der Waals surface area (Å²) in [5.41, 5.74) is 12.1. The zero-order valence-electron chi connectivity index (χ0n) is 24.8. The lowest BCUT2D eigenvalue weighted by Gasteiger charge is -2.23. The van der Waals surface area contributed by atoms with Gasteiger partial charge in [-0.05, 0) is 72.6 Å². The van der Waals surface area contributed by atoms with Crippen LogP contribution in [0.15, 0.2) is 150 Å². The minimum atomic E-state index is -0.167. The van der Waals surface area contributed by atoms with Crippen LogP contribution < -0.4 is 0 Å². The lowest BCUT2D eigenvalue weighted by Crippen LogP contribution is -2.15. The topological polar surface area (TPSA) is 13.1 Å². The summed E-state index contributed by atoms with van der Waals surface area (Å²) in [5, 5.41) is 6.29. The van der Waals surface area contributed by atoms with Crippen LogP contribution in [0.3, 0.4) is 0 Å². The molecule has 0 fully saturated rings. The van der Waals surface area contributed by atoms with E-state index >= 15 is 0 Å². The number of para-hydroxylation sites is 1. The van der Waals surface area contributed by atoms with Gasteiger partial charge in [0.15, 0.2) is 0 Å². The van der Waals surface area contributed by atoms with Crippen LogP contribution in [-0.4, -0.2) is 0 Å². The van der Waals surface area contributed by atoms with Gasteiger partial charge >= 0.3 is 0 Å². The van der Waals surface area contributed by atoms with Gasteiger partial charge in [-0.2, -0.15) is 0 Å². The second-order valence-corrected chi connectivity index (χ2v) is 12.5. The number of hydrogen-bond acceptors (Lipinski definition) is 1. The van der Waals surface area contributed by atoms with Crippen LogP contribution in [0.2, 0.25) is 0 Å². The fourth-order valence-corrected chi connectivity index (χ4v) is 7.62. The Hall–Kier alpha value is -5.40. The smallest absolute Gasteiger partial charge is 0.139 e. The Labute approximate surface area is 257 Å². The SMILES string of the molecule is CC1(C)c2cc(-c3c4ccccc4c(-c4ccc(-c5ccccc5)cc4)c4ccccc34)ccc2-c2oc3ccccc3c21. The van der Waals surface area contributed by atoms with Gasteiger partial charge in [0.05, 0.1) is 0 Å². The van der Waals surface area contributed by atoms with E-state index in [0.717, 1.165) is 11.3 Å². The molecule has 8 aromatic rings. The third-order valence-corrected chi connectivity index (χ3v) is 9.66. The van der Waals surface area contributed by atoms with Gasteiger partial charge in [0, 0.05) is 21.9 Å². The van der Waals surface area contributed by atoms with Crippen molar-refractivity contribution in [1.29, 1.82) is 0 Å². The minimum absolute atomic E-state index is 0.167. The van der Waals surface area contributed by atoms with Crippen LogP contribution in [-0.2, 0) is 5.41 Å². The molecule has 0 atom stereocenters. The molecule has 0 aliphatic heterocycles. The monoisotopic (exact) mass is 562 g/mol. The molecule has 1 aromatic heterocycles. The van der Waals surface area contributed by atoms with Gasteiger partial charge in [-0.25, -0.2) is 0 Å². The van der Waals surface area contributed by atoms with Crippen LogP contribution in [0, 0.1) is 0 Å².